The Morgan fingerprint density at radius 3 is 3.14 bits per heavy atom. The largest absolute Gasteiger partial charge is 0.376 e. The Morgan fingerprint density at radius 2 is 2.86 bits per heavy atom. The van der Waals surface area contributed by atoms with Crippen LogP contribution >= 0.6 is 0 Å². The van der Waals surface area contributed by atoms with E-state index in [0.29, 0.717) is 6.42 Å². The van der Waals surface area contributed by atoms with E-state index in [1.807, 2.05) is 6.07 Å². The summed E-state index contributed by atoms with van der Waals surface area (Å²) in [5.41, 5.74) is 0. The molecule has 1 aliphatic heterocycles. The van der Waals surface area contributed by atoms with Crippen LogP contribution in [0.3, 0.4) is 0 Å². The number of nitriles is 1. The number of hydrogen-bond donors (Lipinski definition) is 0. The molecule has 3 nitrogen and oxygen atoms in total. The van der Waals surface area contributed by atoms with Crippen LogP contribution in [0.5, 0.6) is 0 Å². The molecule has 0 aromatic carbocycles. The summed E-state index contributed by atoms with van der Waals surface area (Å²) in [5.74, 6) is 0. The molecule has 1 unspecified atom stereocenters. The van der Waals surface area contributed by atoms with Gasteiger partial charge in [-0.05, 0) is 0 Å². The van der Waals surface area contributed by atoms with Gasteiger partial charge >= 0.3 is 0 Å². The first kappa shape index (κ1) is 4.13. The maximum absolute atomic E-state index is 8.09. The van der Waals surface area contributed by atoms with Gasteiger partial charge in [-0.25, -0.2) is 0 Å². The molecule has 35 valence electrons. The molecule has 0 saturated heterocycles. The van der Waals surface area contributed by atoms with E-state index in [0.717, 1.165) is 0 Å². The second-order valence-corrected chi connectivity index (χ2v) is 1.18. The Kier molecular flexibility index (Phi) is 0.947. The van der Waals surface area contributed by atoms with Gasteiger partial charge in [-0.15, -0.1) is 0 Å². The van der Waals surface area contributed by atoms with Crippen molar-refractivity contribution in [1.29, 1.82) is 5.26 Å². The van der Waals surface area contributed by atoms with Crippen molar-refractivity contribution in [3.63, 3.8) is 0 Å². The number of nitrogens with zero attached hydrogens (tertiary/aromatic N) is 2. The van der Waals surface area contributed by atoms with Crippen LogP contribution in [0.25, 0.3) is 0 Å². The second-order valence-electron chi connectivity index (χ2n) is 1.18. The van der Waals surface area contributed by atoms with Crippen LogP contribution in [0.1, 0.15) is 6.42 Å². The van der Waals surface area contributed by atoms with Gasteiger partial charge in [0.2, 0.25) is 6.10 Å². The zero-order chi connectivity index (χ0) is 5.11. The SMILES string of the molecule is N#CC1C[C]=NO1. The van der Waals surface area contributed by atoms with E-state index in [1.165, 1.54) is 0 Å². The van der Waals surface area contributed by atoms with Gasteiger partial charge in [0.05, 0.1) is 0 Å². The molecule has 0 aliphatic carbocycles. The lowest BCUT2D eigenvalue weighted by Crippen LogP contribution is -1.98. The summed E-state index contributed by atoms with van der Waals surface area (Å²) >= 11 is 0. The molecule has 1 aliphatic rings. The van der Waals surface area contributed by atoms with Gasteiger partial charge in [-0.2, -0.15) is 5.26 Å². The Balaban J connectivity index is 2.39. The van der Waals surface area contributed by atoms with Crippen molar-refractivity contribution in [2.24, 2.45) is 5.16 Å². The first-order chi connectivity index (χ1) is 3.43. The summed E-state index contributed by atoms with van der Waals surface area (Å²) in [5, 5.41) is 11.4. The highest BCUT2D eigenvalue weighted by Gasteiger charge is 2.10. The van der Waals surface area contributed by atoms with Crippen LogP contribution in [-0.2, 0) is 4.84 Å². The molecule has 1 radical (unpaired) electrons. The molecule has 1 rings (SSSR count). The summed E-state index contributed by atoms with van der Waals surface area (Å²) in [7, 11) is 0. The van der Waals surface area contributed by atoms with Crippen LogP contribution < -0.4 is 0 Å². The van der Waals surface area contributed by atoms with Crippen LogP contribution in [0.15, 0.2) is 5.16 Å². The maximum atomic E-state index is 8.09. The normalized spacial score (nSPS) is 26.4. The van der Waals surface area contributed by atoms with Gasteiger partial charge in [0, 0.05) is 6.42 Å². The Labute approximate surface area is 41.2 Å². The van der Waals surface area contributed by atoms with E-state index in [1.54, 1.807) is 0 Å². The van der Waals surface area contributed by atoms with E-state index in [9.17, 15) is 0 Å². The van der Waals surface area contributed by atoms with Crippen LogP contribution in [0, 0.1) is 11.3 Å². The highest BCUT2D eigenvalue weighted by Crippen LogP contribution is 2.00. The van der Waals surface area contributed by atoms with Crippen LogP contribution in [0.4, 0.5) is 0 Å². The van der Waals surface area contributed by atoms with Gasteiger partial charge in [0.1, 0.15) is 12.3 Å². The third-order valence-corrected chi connectivity index (χ3v) is 0.665. The predicted octanol–water partition coefficient (Wildman–Crippen LogP) is 0.162. The summed E-state index contributed by atoms with van der Waals surface area (Å²) in [6, 6.07) is 1.89. The highest BCUT2D eigenvalue weighted by atomic mass is 16.6. The van der Waals surface area contributed by atoms with Crippen molar-refractivity contribution in [2.45, 2.75) is 12.5 Å². The van der Waals surface area contributed by atoms with Crippen molar-refractivity contribution >= 4 is 6.21 Å². The minimum Gasteiger partial charge on any atom is -0.376 e. The molecular weight excluding hydrogens is 92.1 g/mol. The lowest BCUT2D eigenvalue weighted by atomic mass is 10.3. The van der Waals surface area contributed by atoms with E-state index >= 15 is 0 Å². The summed E-state index contributed by atoms with van der Waals surface area (Å²) in [4.78, 5) is 4.45. The molecule has 7 heavy (non-hydrogen) atoms. The van der Waals surface area contributed by atoms with E-state index in [4.69, 9.17) is 5.26 Å². The monoisotopic (exact) mass is 95.0 g/mol. The molecule has 0 bridgehead atoms. The molecule has 0 fully saturated rings. The fraction of sp³-hybridized carbons (Fsp3) is 0.500. The number of rotatable bonds is 0. The Hall–Kier alpha value is -1.04. The molecule has 0 spiro atoms. The van der Waals surface area contributed by atoms with E-state index in [2.05, 4.69) is 16.2 Å². The topological polar surface area (TPSA) is 45.4 Å². The summed E-state index contributed by atoms with van der Waals surface area (Å²) in [6.07, 6.45) is 2.64. The average molecular weight is 95.1 g/mol. The molecule has 0 saturated carbocycles. The van der Waals surface area contributed by atoms with E-state index < -0.39 is 0 Å². The molecule has 0 amide bonds. The van der Waals surface area contributed by atoms with Crippen molar-refractivity contribution in [3.05, 3.63) is 0 Å². The molecule has 0 aromatic heterocycles. The Morgan fingerprint density at radius 1 is 2.00 bits per heavy atom. The van der Waals surface area contributed by atoms with Crippen molar-refractivity contribution < 1.29 is 4.84 Å². The zero-order valence-corrected chi connectivity index (χ0v) is 3.59. The van der Waals surface area contributed by atoms with Crippen LogP contribution in [-0.4, -0.2) is 12.3 Å². The standard InChI is InChI=1S/C4H3N2O/c5-3-4-1-2-6-7-4/h4H,1H2. The smallest absolute Gasteiger partial charge is 0.218 e. The van der Waals surface area contributed by atoms with Crippen molar-refractivity contribution in [3.8, 4) is 6.07 Å². The molecule has 0 aromatic rings. The highest BCUT2D eigenvalue weighted by molar-refractivity contribution is 5.59. The molecular formula is C4H3N2O. The lowest BCUT2D eigenvalue weighted by Gasteiger charge is -1.89. The molecule has 1 heterocycles. The zero-order valence-electron chi connectivity index (χ0n) is 3.59. The van der Waals surface area contributed by atoms with Crippen molar-refractivity contribution in [2.75, 3.05) is 0 Å². The molecule has 1 atom stereocenters. The van der Waals surface area contributed by atoms with Gasteiger partial charge < -0.3 is 4.84 Å². The third kappa shape index (κ3) is 0.686. The maximum Gasteiger partial charge on any atom is 0.218 e. The van der Waals surface area contributed by atoms with Crippen LogP contribution in [0.2, 0.25) is 0 Å². The fourth-order valence-corrected chi connectivity index (χ4v) is 0.328. The Bertz CT molecular complexity index is 116. The predicted molar refractivity (Wildman–Crippen MR) is 22.5 cm³/mol. The van der Waals surface area contributed by atoms with Gasteiger partial charge in [0.15, 0.2) is 0 Å². The first-order valence-corrected chi connectivity index (χ1v) is 1.92. The summed E-state index contributed by atoms with van der Waals surface area (Å²) in [6.45, 7) is 0. The minimum atomic E-state index is -0.375. The molecule has 3 heteroatoms. The van der Waals surface area contributed by atoms with Gasteiger partial charge in [-0.1, -0.05) is 5.16 Å². The second kappa shape index (κ2) is 1.61. The fourth-order valence-electron chi connectivity index (χ4n) is 0.328. The molecule has 0 N–H and O–H groups in total. The van der Waals surface area contributed by atoms with Crippen molar-refractivity contribution in [1.82, 2.24) is 0 Å². The lowest BCUT2D eigenvalue weighted by molar-refractivity contribution is 0.125. The van der Waals surface area contributed by atoms with Gasteiger partial charge in [0.25, 0.3) is 0 Å². The van der Waals surface area contributed by atoms with Gasteiger partial charge in [-0.3, -0.25) is 0 Å². The number of hydrogen-bond acceptors (Lipinski definition) is 3. The first-order valence-electron chi connectivity index (χ1n) is 1.92. The minimum absolute atomic E-state index is 0.375. The average Bonchev–Trinajstić information content (AvgIpc) is 2.14. The van der Waals surface area contributed by atoms with E-state index in [-0.39, 0.29) is 6.10 Å². The quantitative estimate of drug-likeness (QED) is 0.430. The summed E-state index contributed by atoms with van der Waals surface area (Å²) < 4.78 is 0. The third-order valence-electron chi connectivity index (χ3n) is 0.665.